The third-order valence-electron chi connectivity index (χ3n) is 3.90. The number of hydrogen-bond donors (Lipinski definition) is 2. The van der Waals surface area contributed by atoms with Crippen LogP contribution in [0.15, 0.2) is 24.3 Å². The van der Waals surface area contributed by atoms with Gasteiger partial charge in [-0.25, -0.2) is 0 Å². The highest BCUT2D eigenvalue weighted by molar-refractivity contribution is 6.30. The van der Waals surface area contributed by atoms with Crippen LogP contribution in [0, 0.1) is 11.8 Å². The van der Waals surface area contributed by atoms with E-state index < -0.39 is 30.5 Å². The fourth-order valence-corrected chi connectivity index (χ4v) is 2.89. The average Bonchev–Trinajstić information content (AvgIpc) is 2.90. The van der Waals surface area contributed by atoms with Crippen molar-refractivity contribution < 1.29 is 27.9 Å². The van der Waals surface area contributed by atoms with Gasteiger partial charge >= 0.3 is 12.1 Å². The van der Waals surface area contributed by atoms with Gasteiger partial charge in [0.2, 0.25) is 5.91 Å². The molecule has 2 rings (SSSR count). The lowest BCUT2D eigenvalue weighted by Crippen LogP contribution is -2.33. The van der Waals surface area contributed by atoms with Crippen LogP contribution in [0.5, 0.6) is 0 Å². The summed E-state index contributed by atoms with van der Waals surface area (Å²) in [4.78, 5) is 24.2. The van der Waals surface area contributed by atoms with Gasteiger partial charge in [-0.05, 0) is 18.2 Å². The van der Waals surface area contributed by atoms with Crippen molar-refractivity contribution >= 4 is 29.2 Å². The molecule has 0 bridgehead atoms. The van der Waals surface area contributed by atoms with Crippen molar-refractivity contribution in [1.82, 2.24) is 4.90 Å². The molecule has 1 aliphatic heterocycles. The highest BCUT2D eigenvalue weighted by atomic mass is 35.5. The molecule has 1 aliphatic rings. The topological polar surface area (TPSA) is 69.6 Å². The number of nitrogens with one attached hydrogen (secondary N) is 1. The zero-order valence-electron chi connectivity index (χ0n) is 12.5. The lowest BCUT2D eigenvalue weighted by molar-refractivity contribution is -0.188. The third kappa shape index (κ3) is 4.85. The first-order valence-corrected chi connectivity index (χ1v) is 7.62. The molecular formula is C15H16ClF3N2O3. The van der Waals surface area contributed by atoms with Gasteiger partial charge in [-0.3, -0.25) is 9.59 Å². The SMILES string of the molecule is O=C(CCN1C[C@@H](C(F)(F)F)[C@H](C(=O)O)C1)Nc1cccc(Cl)c1. The van der Waals surface area contributed by atoms with Crippen molar-refractivity contribution in [3.63, 3.8) is 0 Å². The molecule has 9 heteroatoms. The molecule has 1 fully saturated rings. The summed E-state index contributed by atoms with van der Waals surface area (Å²) in [5, 5.41) is 12.0. The fraction of sp³-hybridized carbons (Fsp3) is 0.467. The van der Waals surface area contributed by atoms with Crippen LogP contribution in [0.2, 0.25) is 5.02 Å². The monoisotopic (exact) mass is 364 g/mol. The van der Waals surface area contributed by atoms with E-state index >= 15 is 0 Å². The molecule has 2 atom stereocenters. The Morgan fingerprint density at radius 3 is 2.58 bits per heavy atom. The van der Waals surface area contributed by atoms with Crippen LogP contribution in [0.25, 0.3) is 0 Å². The number of aliphatic carboxylic acids is 1. The normalized spacial score (nSPS) is 21.7. The molecule has 0 spiro atoms. The first kappa shape index (κ1) is 18.5. The van der Waals surface area contributed by atoms with E-state index in [0.717, 1.165) is 0 Å². The molecule has 132 valence electrons. The fourth-order valence-electron chi connectivity index (χ4n) is 2.70. The van der Waals surface area contributed by atoms with E-state index in [1.54, 1.807) is 24.3 Å². The van der Waals surface area contributed by atoms with E-state index in [1.807, 2.05) is 0 Å². The molecule has 0 radical (unpaired) electrons. The Balaban J connectivity index is 1.88. The van der Waals surface area contributed by atoms with E-state index in [0.29, 0.717) is 10.7 Å². The third-order valence-corrected chi connectivity index (χ3v) is 4.13. The second kappa shape index (κ2) is 7.40. The van der Waals surface area contributed by atoms with E-state index in [-0.39, 0.29) is 25.4 Å². The zero-order chi connectivity index (χ0) is 17.9. The number of carboxylic acids is 1. The van der Waals surface area contributed by atoms with Crippen molar-refractivity contribution in [2.45, 2.75) is 12.6 Å². The molecule has 24 heavy (non-hydrogen) atoms. The highest BCUT2D eigenvalue weighted by Gasteiger charge is 2.52. The standard InChI is InChI=1S/C15H16ClF3N2O3/c16-9-2-1-3-10(6-9)20-13(22)4-5-21-7-11(14(23)24)12(8-21)15(17,18)19/h1-3,6,11-12H,4-5,7-8H2,(H,20,22)(H,23,24)/t11-,12-/m1/s1. The van der Waals surface area contributed by atoms with Gasteiger partial charge in [0.1, 0.15) is 0 Å². The molecule has 0 aliphatic carbocycles. The smallest absolute Gasteiger partial charge is 0.393 e. The Morgan fingerprint density at radius 1 is 1.33 bits per heavy atom. The molecule has 0 aromatic heterocycles. The summed E-state index contributed by atoms with van der Waals surface area (Å²) in [6.07, 6.45) is -4.61. The summed E-state index contributed by atoms with van der Waals surface area (Å²) in [7, 11) is 0. The Bertz CT molecular complexity index is 624. The summed E-state index contributed by atoms with van der Waals surface area (Å²) in [5.41, 5.74) is 0.491. The maximum Gasteiger partial charge on any atom is 0.393 e. The lowest BCUT2D eigenvalue weighted by atomic mass is 9.96. The van der Waals surface area contributed by atoms with E-state index in [4.69, 9.17) is 16.7 Å². The zero-order valence-corrected chi connectivity index (χ0v) is 13.3. The number of nitrogens with zero attached hydrogens (tertiary/aromatic N) is 1. The van der Waals surface area contributed by atoms with Gasteiger partial charge < -0.3 is 15.3 Å². The van der Waals surface area contributed by atoms with Gasteiger partial charge in [-0.2, -0.15) is 13.2 Å². The number of halogens is 4. The number of rotatable bonds is 5. The summed E-state index contributed by atoms with van der Waals surface area (Å²) in [6, 6.07) is 6.49. The lowest BCUT2D eigenvalue weighted by Gasteiger charge is -2.18. The van der Waals surface area contributed by atoms with Gasteiger partial charge in [0.05, 0.1) is 11.8 Å². The molecule has 1 aromatic carbocycles. The summed E-state index contributed by atoms with van der Waals surface area (Å²) in [5.74, 6) is -5.25. The number of anilines is 1. The van der Waals surface area contributed by atoms with Crippen LogP contribution in [0.4, 0.5) is 18.9 Å². The van der Waals surface area contributed by atoms with Crippen molar-refractivity contribution in [3.8, 4) is 0 Å². The van der Waals surface area contributed by atoms with Crippen molar-refractivity contribution in [1.29, 1.82) is 0 Å². The Hall–Kier alpha value is -1.80. The molecular weight excluding hydrogens is 349 g/mol. The molecule has 1 aromatic rings. The Labute approximate surface area is 141 Å². The highest BCUT2D eigenvalue weighted by Crippen LogP contribution is 2.37. The van der Waals surface area contributed by atoms with E-state index in [9.17, 15) is 22.8 Å². The predicted octanol–water partition coefficient (Wildman–Crippen LogP) is 2.86. The minimum absolute atomic E-state index is 0.0383. The molecule has 5 nitrogen and oxygen atoms in total. The van der Waals surface area contributed by atoms with Crippen LogP contribution in [0.1, 0.15) is 6.42 Å². The second-order valence-corrected chi connectivity index (χ2v) is 6.10. The summed E-state index contributed by atoms with van der Waals surface area (Å²) in [6.45, 7) is -0.572. The van der Waals surface area contributed by atoms with Gasteiger partial charge in [-0.1, -0.05) is 17.7 Å². The van der Waals surface area contributed by atoms with Crippen LogP contribution in [-0.2, 0) is 9.59 Å². The number of hydrogen-bond acceptors (Lipinski definition) is 3. The number of benzene rings is 1. The van der Waals surface area contributed by atoms with E-state index in [1.165, 1.54) is 4.90 Å². The number of carbonyl (C=O) groups excluding carboxylic acids is 1. The molecule has 1 saturated heterocycles. The predicted molar refractivity (Wildman–Crippen MR) is 81.8 cm³/mol. The van der Waals surface area contributed by atoms with Crippen molar-refractivity contribution in [2.75, 3.05) is 25.0 Å². The number of alkyl halides is 3. The quantitative estimate of drug-likeness (QED) is 0.843. The number of carbonyl (C=O) groups is 2. The minimum atomic E-state index is -4.57. The first-order chi connectivity index (χ1) is 11.2. The number of likely N-dealkylation sites (tertiary alicyclic amines) is 1. The Kier molecular flexibility index (Phi) is 5.71. The molecule has 2 N–H and O–H groups in total. The molecule has 1 amide bonds. The second-order valence-electron chi connectivity index (χ2n) is 5.66. The van der Waals surface area contributed by atoms with Gasteiger partial charge in [0.15, 0.2) is 0 Å². The van der Waals surface area contributed by atoms with Crippen LogP contribution < -0.4 is 5.32 Å². The maximum absolute atomic E-state index is 12.9. The largest absolute Gasteiger partial charge is 0.481 e. The molecule has 1 heterocycles. The van der Waals surface area contributed by atoms with Crippen molar-refractivity contribution in [2.24, 2.45) is 11.8 Å². The van der Waals surface area contributed by atoms with Crippen molar-refractivity contribution in [3.05, 3.63) is 29.3 Å². The van der Waals surface area contributed by atoms with Gasteiger partial charge in [-0.15, -0.1) is 0 Å². The number of carboxylic acid groups (broad SMARTS) is 1. The Morgan fingerprint density at radius 2 is 2.04 bits per heavy atom. The summed E-state index contributed by atoms with van der Waals surface area (Å²) >= 11 is 5.79. The minimum Gasteiger partial charge on any atom is -0.481 e. The van der Waals surface area contributed by atoms with Gasteiger partial charge in [0.25, 0.3) is 0 Å². The average molecular weight is 365 g/mol. The summed E-state index contributed by atoms with van der Waals surface area (Å²) < 4.78 is 38.7. The van der Waals surface area contributed by atoms with Gasteiger partial charge in [0, 0.05) is 36.8 Å². The molecule has 0 saturated carbocycles. The van der Waals surface area contributed by atoms with Crippen LogP contribution in [-0.4, -0.2) is 47.7 Å². The molecule has 0 unspecified atom stereocenters. The number of amides is 1. The van der Waals surface area contributed by atoms with Crippen LogP contribution in [0.3, 0.4) is 0 Å². The van der Waals surface area contributed by atoms with E-state index in [2.05, 4.69) is 5.32 Å². The maximum atomic E-state index is 12.9. The first-order valence-electron chi connectivity index (χ1n) is 7.24. The van der Waals surface area contributed by atoms with Crippen LogP contribution >= 0.6 is 11.6 Å².